The van der Waals surface area contributed by atoms with Gasteiger partial charge in [-0.2, -0.15) is 5.10 Å². The summed E-state index contributed by atoms with van der Waals surface area (Å²) in [4.78, 5) is 18.6. The van der Waals surface area contributed by atoms with Gasteiger partial charge < -0.3 is 14.1 Å². The van der Waals surface area contributed by atoms with E-state index in [1.165, 1.54) is 0 Å². The molecule has 7 nitrogen and oxygen atoms in total. The van der Waals surface area contributed by atoms with Crippen LogP contribution in [0, 0.1) is 0 Å². The fraction of sp³-hybridized carbons (Fsp3) is 0.562. The number of carbonyl (C=O) groups is 1. The zero-order valence-electron chi connectivity index (χ0n) is 13.3. The molecule has 0 spiro atoms. The monoisotopic (exact) mass is 318 g/mol. The molecule has 0 aromatic carbocycles. The predicted molar refractivity (Wildman–Crippen MR) is 82.7 cm³/mol. The number of amides is 1. The number of aromatic nitrogens is 3. The minimum atomic E-state index is -0.252. The van der Waals surface area contributed by atoms with Crippen molar-refractivity contribution in [3.05, 3.63) is 35.8 Å². The van der Waals surface area contributed by atoms with Crippen LogP contribution in [0.3, 0.4) is 0 Å². The molecule has 1 atom stereocenters. The average molecular weight is 318 g/mol. The first-order chi connectivity index (χ1) is 11.3. The van der Waals surface area contributed by atoms with Crippen molar-refractivity contribution in [2.45, 2.75) is 38.7 Å². The van der Waals surface area contributed by atoms with Gasteiger partial charge in [0.25, 0.3) is 0 Å². The topological polar surface area (TPSA) is 84.2 Å². The van der Waals surface area contributed by atoms with Gasteiger partial charge in [-0.05, 0) is 18.6 Å². The van der Waals surface area contributed by atoms with E-state index in [1.807, 2.05) is 17.0 Å². The van der Waals surface area contributed by atoms with Crippen LogP contribution < -0.4 is 0 Å². The van der Waals surface area contributed by atoms with Crippen LogP contribution in [-0.2, 0) is 22.4 Å². The smallest absolute Gasteiger partial charge is 0.223 e. The first-order valence-electron chi connectivity index (χ1n) is 8.09. The number of carbonyl (C=O) groups excluding carboxylic acids is 1. The average Bonchev–Trinajstić information content (AvgIpc) is 3.25. The molecule has 0 aliphatic carbocycles. The van der Waals surface area contributed by atoms with E-state index in [9.17, 15) is 4.79 Å². The van der Waals surface area contributed by atoms with Crippen molar-refractivity contribution in [2.75, 3.05) is 19.7 Å². The maximum atomic E-state index is 12.4. The van der Waals surface area contributed by atoms with E-state index in [2.05, 4.69) is 22.1 Å². The number of ether oxygens (including phenoxy) is 1. The molecule has 1 N–H and O–H groups in total. The van der Waals surface area contributed by atoms with Gasteiger partial charge in [-0.3, -0.25) is 9.89 Å². The quantitative estimate of drug-likeness (QED) is 0.879. The first kappa shape index (κ1) is 15.7. The molecule has 1 fully saturated rings. The van der Waals surface area contributed by atoms with Crippen molar-refractivity contribution >= 4 is 5.91 Å². The number of H-pyrrole nitrogens is 1. The van der Waals surface area contributed by atoms with Gasteiger partial charge in [0.1, 0.15) is 17.7 Å². The van der Waals surface area contributed by atoms with Crippen LogP contribution in [-0.4, -0.2) is 45.7 Å². The molecule has 1 aliphatic heterocycles. The second kappa shape index (κ2) is 7.41. The minimum Gasteiger partial charge on any atom is -0.469 e. The largest absolute Gasteiger partial charge is 0.469 e. The highest BCUT2D eigenvalue weighted by Gasteiger charge is 2.27. The molecule has 1 saturated heterocycles. The molecule has 3 rings (SSSR count). The summed E-state index contributed by atoms with van der Waals surface area (Å²) in [5, 5.41) is 7.16. The zero-order chi connectivity index (χ0) is 16.1. The summed E-state index contributed by atoms with van der Waals surface area (Å²) in [7, 11) is 0. The standard InChI is InChI=1S/C16H22N4O3/c1-2-4-14-17-16(19-18-14)13-11-20(8-10-23-13)15(21)7-6-12-5-3-9-22-12/h3,5,9,13H,2,4,6-8,10-11H2,1H3,(H,17,18,19)/t13-/m0/s1. The van der Waals surface area contributed by atoms with Crippen molar-refractivity contribution < 1.29 is 13.9 Å². The third kappa shape index (κ3) is 3.98. The second-order valence-corrected chi connectivity index (χ2v) is 5.67. The van der Waals surface area contributed by atoms with Crippen molar-refractivity contribution in [2.24, 2.45) is 0 Å². The number of hydrogen-bond donors (Lipinski definition) is 1. The molecule has 1 amide bonds. The van der Waals surface area contributed by atoms with Crippen molar-refractivity contribution in [3.63, 3.8) is 0 Å². The van der Waals surface area contributed by atoms with Crippen molar-refractivity contribution in [1.29, 1.82) is 0 Å². The van der Waals surface area contributed by atoms with Gasteiger partial charge >= 0.3 is 0 Å². The van der Waals surface area contributed by atoms with Gasteiger partial charge in [0, 0.05) is 25.8 Å². The van der Waals surface area contributed by atoms with Crippen LogP contribution >= 0.6 is 0 Å². The van der Waals surface area contributed by atoms with Crippen LogP contribution in [0.5, 0.6) is 0 Å². The number of hydrogen-bond acceptors (Lipinski definition) is 5. The van der Waals surface area contributed by atoms with Gasteiger partial charge in [0.15, 0.2) is 5.82 Å². The summed E-state index contributed by atoms with van der Waals surface area (Å²) >= 11 is 0. The van der Waals surface area contributed by atoms with Crippen LogP contribution in [0.1, 0.15) is 43.3 Å². The van der Waals surface area contributed by atoms with E-state index in [0.29, 0.717) is 38.4 Å². The lowest BCUT2D eigenvalue weighted by atomic mass is 10.2. The van der Waals surface area contributed by atoms with E-state index < -0.39 is 0 Å². The molecule has 0 bridgehead atoms. The number of nitrogens with one attached hydrogen (secondary N) is 1. The Balaban J connectivity index is 1.55. The molecule has 1 aliphatic rings. The summed E-state index contributed by atoms with van der Waals surface area (Å²) in [6, 6.07) is 3.72. The third-order valence-electron chi connectivity index (χ3n) is 3.91. The maximum absolute atomic E-state index is 12.4. The van der Waals surface area contributed by atoms with Crippen LogP contribution in [0.15, 0.2) is 22.8 Å². The van der Waals surface area contributed by atoms with Gasteiger partial charge in [-0.25, -0.2) is 4.98 Å². The van der Waals surface area contributed by atoms with Gasteiger partial charge in [0.05, 0.1) is 19.4 Å². The molecule has 3 heterocycles. The van der Waals surface area contributed by atoms with Crippen LogP contribution in [0.2, 0.25) is 0 Å². The first-order valence-corrected chi connectivity index (χ1v) is 8.09. The summed E-state index contributed by atoms with van der Waals surface area (Å²) in [5.74, 6) is 2.45. The summed E-state index contributed by atoms with van der Waals surface area (Å²) in [6.45, 7) is 3.72. The highest BCUT2D eigenvalue weighted by Crippen LogP contribution is 2.20. The zero-order valence-corrected chi connectivity index (χ0v) is 13.3. The Morgan fingerprint density at radius 2 is 2.39 bits per heavy atom. The SMILES string of the molecule is CCCc1nc([C@@H]2CN(C(=O)CCc3ccco3)CCO2)n[nH]1. The minimum absolute atomic E-state index is 0.110. The molecule has 2 aromatic heterocycles. The van der Waals surface area contributed by atoms with E-state index >= 15 is 0 Å². The second-order valence-electron chi connectivity index (χ2n) is 5.67. The lowest BCUT2D eigenvalue weighted by Crippen LogP contribution is -2.42. The summed E-state index contributed by atoms with van der Waals surface area (Å²) in [5.41, 5.74) is 0. The van der Waals surface area contributed by atoms with Gasteiger partial charge in [0.2, 0.25) is 5.91 Å². The van der Waals surface area contributed by atoms with E-state index in [1.54, 1.807) is 6.26 Å². The number of morpholine rings is 1. The van der Waals surface area contributed by atoms with Crippen molar-refractivity contribution in [3.8, 4) is 0 Å². The van der Waals surface area contributed by atoms with E-state index in [4.69, 9.17) is 9.15 Å². The lowest BCUT2D eigenvalue weighted by Gasteiger charge is -2.31. The molecule has 0 unspecified atom stereocenters. The summed E-state index contributed by atoms with van der Waals surface area (Å²) < 4.78 is 11.0. The number of rotatable bonds is 6. The fourth-order valence-corrected chi connectivity index (χ4v) is 2.68. The van der Waals surface area contributed by atoms with Crippen LogP contribution in [0.25, 0.3) is 0 Å². The highest BCUT2D eigenvalue weighted by atomic mass is 16.5. The van der Waals surface area contributed by atoms with Crippen molar-refractivity contribution in [1.82, 2.24) is 20.1 Å². The predicted octanol–water partition coefficient (Wildman–Crippen LogP) is 1.88. The molecule has 7 heteroatoms. The molecular weight excluding hydrogens is 296 g/mol. The Hall–Kier alpha value is -2.15. The Labute approximate surface area is 135 Å². The maximum Gasteiger partial charge on any atom is 0.223 e. The number of furan rings is 1. The van der Waals surface area contributed by atoms with Crippen LogP contribution in [0.4, 0.5) is 0 Å². The molecule has 124 valence electrons. The Bertz CT molecular complexity index is 623. The molecule has 2 aromatic rings. The number of aryl methyl sites for hydroxylation is 2. The molecular formula is C16H22N4O3. The van der Waals surface area contributed by atoms with E-state index in [-0.39, 0.29) is 12.0 Å². The Kier molecular flexibility index (Phi) is 5.07. The Morgan fingerprint density at radius 3 is 3.17 bits per heavy atom. The van der Waals surface area contributed by atoms with Gasteiger partial charge in [-0.15, -0.1) is 0 Å². The normalized spacial score (nSPS) is 18.3. The molecule has 0 saturated carbocycles. The summed E-state index contributed by atoms with van der Waals surface area (Å²) in [6.07, 6.45) is 4.31. The number of nitrogens with zero attached hydrogens (tertiary/aromatic N) is 3. The molecule has 23 heavy (non-hydrogen) atoms. The lowest BCUT2D eigenvalue weighted by molar-refractivity contribution is -0.139. The fourth-order valence-electron chi connectivity index (χ4n) is 2.68. The van der Waals surface area contributed by atoms with E-state index in [0.717, 1.165) is 24.4 Å². The highest BCUT2D eigenvalue weighted by molar-refractivity contribution is 5.76. The molecule has 0 radical (unpaired) electrons. The number of aromatic amines is 1. The third-order valence-corrected chi connectivity index (χ3v) is 3.91. The van der Waals surface area contributed by atoms with Gasteiger partial charge in [-0.1, -0.05) is 6.92 Å². The Morgan fingerprint density at radius 1 is 1.48 bits per heavy atom.